The smallest absolute Gasteiger partial charge is 0.407 e. The number of anilines is 9. The summed E-state index contributed by atoms with van der Waals surface area (Å²) < 4.78 is 43.2. The SMILES string of the molecule is CCOC(=O)CCCCOc1ccc(Nc2nc(Nc3ccc(OCCCNC(=O)OC(C)(C)C)cc3)ncc2N)cc1.CCOC(=O)CCCCOc1ccc(Nc2nc(Nc3ccc(OCCCNC(=O)OC(C)(C)C)cc3)ncc2[N+](=O)[O-])cc1. The van der Waals surface area contributed by atoms with Gasteiger partial charge in [0, 0.05) is 48.7 Å². The molecule has 0 atom stereocenters. The number of aromatic nitrogens is 4. The molecule has 26 heteroatoms. The van der Waals surface area contributed by atoms with Gasteiger partial charge < -0.3 is 75.5 Å². The number of amides is 2. The van der Waals surface area contributed by atoms with E-state index < -0.39 is 28.3 Å². The van der Waals surface area contributed by atoms with E-state index in [1.165, 1.54) is 6.20 Å². The third-order valence-electron chi connectivity index (χ3n) is 11.5. The number of benzene rings is 4. The van der Waals surface area contributed by atoms with Crippen molar-refractivity contribution < 1.29 is 62.0 Å². The van der Waals surface area contributed by atoms with Crippen molar-refractivity contribution >= 4 is 81.8 Å². The van der Waals surface area contributed by atoms with Gasteiger partial charge in [0.1, 0.15) is 40.4 Å². The van der Waals surface area contributed by atoms with Crippen molar-refractivity contribution in [1.82, 2.24) is 30.6 Å². The number of carbonyl (C=O) groups is 4. The fraction of sp³-hybridized carbons (Fsp3) is 0.419. The van der Waals surface area contributed by atoms with Crippen molar-refractivity contribution in [3.05, 3.63) is 120 Å². The van der Waals surface area contributed by atoms with Crippen LogP contribution in [0, 0.1) is 10.1 Å². The van der Waals surface area contributed by atoms with Gasteiger partial charge in [-0.15, -0.1) is 0 Å². The summed E-state index contributed by atoms with van der Waals surface area (Å²) >= 11 is 0. The van der Waals surface area contributed by atoms with Crippen molar-refractivity contribution in [3.8, 4) is 23.0 Å². The first-order chi connectivity index (χ1) is 42.1. The van der Waals surface area contributed by atoms with Gasteiger partial charge >= 0.3 is 29.8 Å². The highest BCUT2D eigenvalue weighted by Gasteiger charge is 2.20. The summed E-state index contributed by atoms with van der Waals surface area (Å²) in [7, 11) is 0. The lowest BCUT2D eigenvalue weighted by Gasteiger charge is -2.19. The molecule has 6 aromatic rings. The fourth-order valence-corrected chi connectivity index (χ4v) is 7.41. The lowest BCUT2D eigenvalue weighted by molar-refractivity contribution is -0.384. The third-order valence-corrected chi connectivity index (χ3v) is 11.5. The molecule has 88 heavy (non-hydrogen) atoms. The molecule has 0 aliphatic heterocycles. The highest BCUT2D eigenvalue weighted by molar-refractivity contribution is 5.72. The van der Waals surface area contributed by atoms with E-state index in [9.17, 15) is 29.3 Å². The molecule has 4 aromatic carbocycles. The maximum absolute atomic E-state index is 11.7. The maximum Gasteiger partial charge on any atom is 0.407 e. The second kappa shape index (κ2) is 36.2. The Kier molecular flexibility index (Phi) is 28.3. The van der Waals surface area contributed by atoms with Gasteiger partial charge in [0.05, 0.1) is 56.4 Å². The Morgan fingerprint density at radius 2 is 0.830 bits per heavy atom. The Balaban J connectivity index is 0.000000321. The van der Waals surface area contributed by atoms with Gasteiger partial charge in [0.2, 0.25) is 17.7 Å². The number of nitrogens with one attached hydrogen (secondary N) is 6. The van der Waals surface area contributed by atoms with Crippen LogP contribution in [0.5, 0.6) is 23.0 Å². The largest absolute Gasteiger partial charge is 0.494 e. The fourth-order valence-electron chi connectivity index (χ4n) is 7.41. The number of nitrogen functional groups attached to an aromatic ring is 1. The molecule has 26 nitrogen and oxygen atoms in total. The number of nitro groups is 1. The topological polar surface area (TPSA) is 335 Å². The lowest BCUT2D eigenvalue weighted by atomic mass is 10.2. The Hall–Kier alpha value is -9.88. The minimum absolute atomic E-state index is 0.0186. The molecule has 2 heterocycles. The zero-order chi connectivity index (χ0) is 63.7. The van der Waals surface area contributed by atoms with Crippen LogP contribution in [0.4, 0.5) is 67.2 Å². The van der Waals surface area contributed by atoms with Crippen LogP contribution in [0.15, 0.2) is 109 Å². The minimum Gasteiger partial charge on any atom is -0.494 e. The van der Waals surface area contributed by atoms with Gasteiger partial charge in [-0.2, -0.15) is 9.97 Å². The zero-order valence-corrected chi connectivity index (χ0v) is 51.2. The molecule has 0 bridgehead atoms. The molecule has 474 valence electrons. The number of ether oxygens (including phenoxy) is 8. The molecular weight excluding hydrogens is 1140 g/mol. The Bertz CT molecular complexity index is 3110. The summed E-state index contributed by atoms with van der Waals surface area (Å²) in [5.41, 5.74) is 7.93. The molecule has 0 saturated carbocycles. The molecule has 2 aromatic heterocycles. The molecule has 0 fully saturated rings. The maximum atomic E-state index is 11.7. The number of alkyl carbamates (subject to hydrolysis) is 2. The van der Waals surface area contributed by atoms with E-state index in [1.54, 1.807) is 83.1 Å². The average molecular weight is 1220 g/mol. The van der Waals surface area contributed by atoms with E-state index in [4.69, 9.17) is 43.6 Å². The highest BCUT2D eigenvalue weighted by Crippen LogP contribution is 2.30. The van der Waals surface area contributed by atoms with Gasteiger partial charge in [-0.05, 0) is 191 Å². The second-order valence-corrected chi connectivity index (χ2v) is 21.3. The number of hydrogen-bond acceptors (Lipinski definition) is 23. The number of nitrogens with two attached hydrogens (primary N) is 1. The quantitative estimate of drug-likeness (QED) is 0.00661. The van der Waals surface area contributed by atoms with E-state index in [-0.39, 0.29) is 29.4 Å². The number of carbonyl (C=O) groups excluding carboxylic acids is 4. The van der Waals surface area contributed by atoms with Gasteiger partial charge in [0.15, 0.2) is 5.82 Å². The van der Waals surface area contributed by atoms with Crippen LogP contribution < -0.4 is 56.6 Å². The summed E-state index contributed by atoms with van der Waals surface area (Å²) in [5, 5.41) is 29.4. The Morgan fingerprint density at radius 1 is 0.489 bits per heavy atom. The molecule has 0 radical (unpaired) electrons. The first-order valence-electron chi connectivity index (χ1n) is 29.0. The standard InChI is InChI=1S/C31H40N6O8.C31H42N6O6/c1-5-42-27(38)9-6-7-19-43-24-14-10-22(11-15-24)34-28-26(37(40)41)21-33-29(36-28)35-23-12-16-25(17-13-23)44-20-8-18-32-30(39)45-31(2,3)4;1-5-40-27(38)9-6-7-19-41-24-14-10-22(11-15-24)35-28-26(32)21-34-29(37-28)36-23-12-16-25(17-13-23)42-20-8-18-33-30(39)43-31(2,3)4/h10-17,21H,5-9,18-20H2,1-4H3,(H,32,39)(H2,33,34,35,36);10-17,21H,5-9,18-20,32H2,1-4H3,(H,33,39)(H2,34,35,36,37). The van der Waals surface area contributed by atoms with Crippen LogP contribution in [0.25, 0.3) is 0 Å². The number of rotatable bonds is 33. The number of esters is 2. The summed E-state index contributed by atoms with van der Waals surface area (Å²) in [6.07, 6.45) is 6.60. The molecule has 0 aliphatic carbocycles. The summed E-state index contributed by atoms with van der Waals surface area (Å²) in [5.74, 6) is 3.31. The predicted molar refractivity (Wildman–Crippen MR) is 335 cm³/mol. The van der Waals surface area contributed by atoms with Gasteiger partial charge in [-0.1, -0.05) is 0 Å². The van der Waals surface area contributed by atoms with E-state index in [2.05, 4.69) is 51.8 Å². The van der Waals surface area contributed by atoms with Crippen molar-refractivity contribution in [2.45, 2.75) is 118 Å². The van der Waals surface area contributed by atoms with Crippen molar-refractivity contribution in [3.63, 3.8) is 0 Å². The number of hydrogen-bond donors (Lipinski definition) is 7. The second-order valence-electron chi connectivity index (χ2n) is 21.3. The lowest BCUT2D eigenvalue weighted by Crippen LogP contribution is -2.33. The van der Waals surface area contributed by atoms with E-state index in [0.29, 0.717) is 137 Å². The Labute approximate surface area is 512 Å². The summed E-state index contributed by atoms with van der Waals surface area (Å²) in [4.78, 5) is 74.4. The zero-order valence-electron chi connectivity index (χ0n) is 51.2. The van der Waals surface area contributed by atoms with Crippen molar-refractivity contribution in [1.29, 1.82) is 0 Å². The molecule has 6 rings (SSSR count). The van der Waals surface area contributed by atoms with Crippen molar-refractivity contribution in [2.24, 2.45) is 0 Å². The molecule has 8 N–H and O–H groups in total. The van der Waals surface area contributed by atoms with Crippen LogP contribution in [-0.2, 0) is 28.5 Å². The normalized spacial score (nSPS) is 10.9. The number of unbranched alkanes of at least 4 members (excludes halogenated alkanes) is 2. The molecule has 2 amide bonds. The highest BCUT2D eigenvalue weighted by atomic mass is 16.6. The van der Waals surface area contributed by atoms with E-state index in [0.717, 1.165) is 36.2 Å². The first-order valence-corrected chi connectivity index (χ1v) is 29.0. The number of nitrogens with zero attached hydrogens (tertiary/aromatic N) is 5. The molecular formula is C62H82N12O14. The van der Waals surface area contributed by atoms with Crippen LogP contribution in [0.2, 0.25) is 0 Å². The van der Waals surface area contributed by atoms with Gasteiger partial charge in [-0.3, -0.25) is 19.7 Å². The van der Waals surface area contributed by atoms with E-state index >= 15 is 0 Å². The van der Waals surface area contributed by atoms with Crippen LogP contribution in [0.1, 0.15) is 107 Å². The minimum atomic E-state index is -0.560. The Morgan fingerprint density at radius 3 is 1.19 bits per heavy atom. The van der Waals surface area contributed by atoms with E-state index in [1.807, 2.05) is 69.3 Å². The van der Waals surface area contributed by atoms with Crippen LogP contribution >= 0.6 is 0 Å². The predicted octanol–water partition coefficient (Wildman–Crippen LogP) is 12.2. The van der Waals surface area contributed by atoms with Gasteiger partial charge in [-0.25, -0.2) is 19.6 Å². The molecule has 0 unspecified atom stereocenters. The van der Waals surface area contributed by atoms with Gasteiger partial charge in [0.25, 0.3) is 0 Å². The molecule has 0 saturated heterocycles. The van der Waals surface area contributed by atoms with Crippen LogP contribution in [0.3, 0.4) is 0 Å². The summed E-state index contributed by atoms with van der Waals surface area (Å²) in [6, 6.07) is 28.8. The molecule has 0 spiro atoms. The molecule has 0 aliphatic rings. The first kappa shape index (κ1) is 68.9. The monoisotopic (exact) mass is 1220 g/mol. The summed E-state index contributed by atoms with van der Waals surface area (Å²) in [6.45, 7) is 17.9. The van der Waals surface area contributed by atoms with Crippen molar-refractivity contribution in [2.75, 3.05) is 79.7 Å². The van der Waals surface area contributed by atoms with Crippen LogP contribution in [-0.4, -0.2) is 113 Å². The average Bonchev–Trinajstić information content (AvgIpc) is 2.12. The third kappa shape index (κ3) is 27.9.